The quantitative estimate of drug-likeness (QED) is 0.858. The molecule has 0 saturated carbocycles. The van der Waals surface area contributed by atoms with Crippen LogP contribution >= 0.6 is 38.6 Å². The van der Waals surface area contributed by atoms with Crippen LogP contribution in [0.4, 0.5) is 0 Å². The van der Waals surface area contributed by atoms with Gasteiger partial charge in [-0.25, -0.2) is 0 Å². The van der Waals surface area contributed by atoms with Crippen molar-refractivity contribution in [3.63, 3.8) is 0 Å². The highest BCUT2D eigenvalue weighted by atomic mass is 79.9. The van der Waals surface area contributed by atoms with Crippen LogP contribution in [-0.2, 0) is 17.9 Å². The van der Waals surface area contributed by atoms with E-state index in [0.717, 1.165) is 10.3 Å². The molecule has 0 radical (unpaired) electrons. The van der Waals surface area contributed by atoms with Crippen LogP contribution < -0.4 is 5.32 Å². The SMILES string of the molecule is CN(CC(=O)NCc1cccs1)Cc1csc(Br)c1. The standard InChI is InChI=1S/C13H15BrN2OS2/c1-16(7-10-5-12(14)19-9-10)8-13(17)15-6-11-3-2-4-18-11/h2-5,9H,6-8H2,1H3,(H,15,17). The van der Waals surface area contributed by atoms with Crippen molar-refractivity contribution in [2.75, 3.05) is 13.6 Å². The first kappa shape index (κ1) is 14.7. The second-order valence-corrected chi connectivity index (χ2v) is 7.61. The van der Waals surface area contributed by atoms with Crippen molar-refractivity contribution >= 4 is 44.5 Å². The summed E-state index contributed by atoms with van der Waals surface area (Å²) < 4.78 is 1.12. The third-order valence-electron chi connectivity index (χ3n) is 2.53. The summed E-state index contributed by atoms with van der Waals surface area (Å²) in [4.78, 5) is 15.0. The van der Waals surface area contributed by atoms with Crippen molar-refractivity contribution in [3.8, 4) is 0 Å². The van der Waals surface area contributed by atoms with Gasteiger partial charge in [-0.2, -0.15) is 0 Å². The zero-order valence-corrected chi connectivity index (χ0v) is 13.8. The van der Waals surface area contributed by atoms with Gasteiger partial charge in [0.15, 0.2) is 0 Å². The highest BCUT2D eigenvalue weighted by Crippen LogP contribution is 2.21. The van der Waals surface area contributed by atoms with Gasteiger partial charge in [0.2, 0.25) is 5.91 Å². The molecule has 0 atom stereocenters. The Morgan fingerprint density at radius 1 is 1.47 bits per heavy atom. The maximum Gasteiger partial charge on any atom is 0.234 e. The predicted octanol–water partition coefficient (Wildman–Crippen LogP) is 3.32. The Morgan fingerprint density at radius 3 is 2.95 bits per heavy atom. The molecule has 0 saturated heterocycles. The molecule has 2 heterocycles. The molecule has 0 aromatic carbocycles. The van der Waals surface area contributed by atoms with Gasteiger partial charge in [0.25, 0.3) is 0 Å². The Balaban J connectivity index is 1.72. The fourth-order valence-corrected chi connectivity index (χ4v) is 3.54. The predicted molar refractivity (Wildman–Crippen MR) is 84.5 cm³/mol. The molecule has 1 N–H and O–H groups in total. The summed E-state index contributed by atoms with van der Waals surface area (Å²) in [6.45, 7) is 1.82. The maximum absolute atomic E-state index is 11.8. The number of hydrogen-bond acceptors (Lipinski definition) is 4. The van der Waals surface area contributed by atoms with Crippen LogP contribution in [-0.4, -0.2) is 24.4 Å². The Hall–Kier alpha value is -0.690. The van der Waals surface area contributed by atoms with Crippen LogP contribution in [0.25, 0.3) is 0 Å². The number of carbonyl (C=O) groups is 1. The van der Waals surface area contributed by atoms with Crippen molar-refractivity contribution in [2.45, 2.75) is 13.1 Å². The molecular formula is C13H15BrN2OS2. The fraction of sp³-hybridized carbons (Fsp3) is 0.308. The summed E-state index contributed by atoms with van der Waals surface area (Å²) in [7, 11) is 1.95. The third-order valence-corrected chi connectivity index (χ3v) is 4.96. The van der Waals surface area contributed by atoms with Crippen molar-refractivity contribution in [2.24, 2.45) is 0 Å². The minimum atomic E-state index is 0.0604. The average Bonchev–Trinajstić information content (AvgIpc) is 2.98. The molecule has 1 amide bonds. The van der Waals surface area contributed by atoms with E-state index >= 15 is 0 Å². The molecule has 19 heavy (non-hydrogen) atoms. The van der Waals surface area contributed by atoms with Crippen LogP contribution in [0.2, 0.25) is 0 Å². The Kier molecular flexibility index (Phi) is 5.57. The Labute approximate surface area is 129 Å². The van der Waals surface area contributed by atoms with E-state index in [2.05, 4.69) is 32.7 Å². The first-order valence-corrected chi connectivity index (χ1v) is 8.39. The number of thiophene rings is 2. The molecule has 0 fully saturated rings. The van der Waals surface area contributed by atoms with E-state index < -0.39 is 0 Å². The Bertz CT molecular complexity index is 524. The van der Waals surface area contributed by atoms with Crippen LogP contribution in [0.15, 0.2) is 32.7 Å². The molecule has 3 nitrogen and oxygen atoms in total. The van der Waals surface area contributed by atoms with Gasteiger partial charge in [-0.1, -0.05) is 6.07 Å². The number of nitrogens with one attached hydrogen (secondary N) is 1. The lowest BCUT2D eigenvalue weighted by Crippen LogP contribution is -2.34. The lowest BCUT2D eigenvalue weighted by Gasteiger charge is -2.15. The van der Waals surface area contributed by atoms with E-state index in [1.807, 2.05) is 29.5 Å². The second-order valence-electron chi connectivity index (χ2n) is 4.29. The van der Waals surface area contributed by atoms with Gasteiger partial charge >= 0.3 is 0 Å². The summed E-state index contributed by atoms with van der Waals surface area (Å²) in [5, 5.41) is 7.05. The summed E-state index contributed by atoms with van der Waals surface area (Å²) in [5.41, 5.74) is 1.23. The molecule has 0 bridgehead atoms. The van der Waals surface area contributed by atoms with Crippen LogP contribution in [0.3, 0.4) is 0 Å². The number of nitrogens with zero attached hydrogens (tertiary/aromatic N) is 1. The monoisotopic (exact) mass is 358 g/mol. The molecular weight excluding hydrogens is 344 g/mol. The summed E-state index contributed by atoms with van der Waals surface area (Å²) in [6, 6.07) is 6.11. The van der Waals surface area contributed by atoms with E-state index in [0.29, 0.717) is 13.1 Å². The van der Waals surface area contributed by atoms with E-state index in [-0.39, 0.29) is 5.91 Å². The molecule has 0 aliphatic rings. The first-order chi connectivity index (χ1) is 9.13. The number of carbonyl (C=O) groups excluding carboxylic acids is 1. The molecule has 102 valence electrons. The highest BCUT2D eigenvalue weighted by molar-refractivity contribution is 9.11. The number of amides is 1. The molecule has 2 rings (SSSR count). The number of halogens is 1. The van der Waals surface area contributed by atoms with Gasteiger partial charge in [-0.05, 0) is 51.4 Å². The zero-order valence-electron chi connectivity index (χ0n) is 10.6. The largest absolute Gasteiger partial charge is 0.350 e. The molecule has 6 heteroatoms. The van der Waals surface area contributed by atoms with Gasteiger partial charge in [0.05, 0.1) is 16.9 Å². The summed E-state index contributed by atoms with van der Waals surface area (Å²) in [6.07, 6.45) is 0. The summed E-state index contributed by atoms with van der Waals surface area (Å²) >= 11 is 6.76. The second kappa shape index (κ2) is 7.19. The zero-order chi connectivity index (χ0) is 13.7. The van der Waals surface area contributed by atoms with E-state index in [9.17, 15) is 4.79 Å². The van der Waals surface area contributed by atoms with Crippen molar-refractivity contribution in [1.82, 2.24) is 10.2 Å². The number of rotatable bonds is 6. The molecule has 2 aromatic heterocycles. The van der Waals surface area contributed by atoms with E-state index in [1.165, 1.54) is 10.4 Å². The van der Waals surface area contributed by atoms with Crippen molar-refractivity contribution in [1.29, 1.82) is 0 Å². The minimum absolute atomic E-state index is 0.0604. The van der Waals surface area contributed by atoms with Gasteiger partial charge < -0.3 is 5.32 Å². The molecule has 0 spiro atoms. The van der Waals surface area contributed by atoms with Crippen molar-refractivity contribution in [3.05, 3.63) is 43.2 Å². The fourth-order valence-electron chi connectivity index (χ4n) is 1.70. The number of likely N-dealkylation sites (N-methyl/N-ethyl adjacent to an activating group) is 1. The first-order valence-electron chi connectivity index (χ1n) is 5.84. The van der Waals surface area contributed by atoms with Crippen LogP contribution in [0.1, 0.15) is 10.4 Å². The van der Waals surface area contributed by atoms with E-state index in [4.69, 9.17) is 0 Å². The van der Waals surface area contributed by atoms with Crippen molar-refractivity contribution < 1.29 is 4.79 Å². The Morgan fingerprint density at radius 2 is 2.32 bits per heavy atom. The topological polar surface area (TPSA) is 32.3 Å². The van der Waals surface area contributed by atoms with Gasteiger partial charge in [0.1, 0.15) is 0 Å². The lowest BCUT2D eigenvalue weighted by atomic mass is 10.3. The maximum atomic E-state index is 11.8. The highest BCUT2D eigenvalue weighted by Gasteiger charge is 2.08. The van der Waals surface area contributed by atoms with Crippen LogP contribution in [0, 0.1) is 0 Å². The number of hydrogen-bond donors (Lipinski definition) is 1. The lowest BCUT2D eigenvalue weighted by molar-refractivity contribution is -0.122. The van der Waals surface area contributed by atoms with Crippen LogP contribution in [0.5, 0.6) is 0 Å². The third kappa shape index (κ3) is 5.06. The average molecular weight is 359 g/mol. The molecule has 0 aliphatic heterocycles. The normalized spacial score (nSPS) is 10.9. The molecule has 0 aliphatic carbocycles. The van der Waals surface area contributed by atoms with E-state index in [1.54, 1.807) is 22.7 Å². The minimum Gasteiger partial charge on any atom is -0.350 e. The van der Waals surface area contributed by atoms with Gasteiger partial charge in [0, 0.05) is 11.4 Å². The molecule has 0 unspecified atom stereocenters. The van der Waals surface area contributed by atoms with Gasteiger partial charge in [-0.3, -0.25) is 9.69 Å². The molecule has 2 aromatic rings. The summed E-state index contributed by atoms with van der Waals surface area (Å²) in [5.74, 6) is 0.0604. The smallest absolute Gasteiger partial charge is 0.234 e. The van der Waals surface area contributed by atoms with Gasteiger partial charge in [-0.15, -0.1) is 22.7 Å².